The van der Waals surface area contributed by atoms with E-state index in [1.54, 1.807) is 18.2 Å². The van der Waals surface area contributed by atoms with E-state index in [1.165, 1.54) is 16.1 Å². The van der Waals surface area contributed by atoms with E-state index >= 15 is 0 Å². The van der Waals surface area contributed by atoms with Crippen LogP contribution in [0.1, 0.15) is 40.9 Å². The van der Waals surface area contributed by atoms with Crippen LogP contribution in [0.2, 0.25) is 0 Å². The molecule has 6 nitrogen and oxygen atoms in total. The number of benzene rings is 2. The van der Waals surface area contributed by atoms with Crippen molar-refractivity contribution in [3.8, 4) is 0 Å². The fraction of sp³-hybridized carbons (Fsp3) is 0.409. The van der Waals surface area contributed by atoms with E-state index < -0.39 is 10.0 Å². The van der Waals surface area contributed by atoms with Crippen LogP contribution in [0, 0.1) is 0 Å². The number of rotatable bonds is 8. The van der Waals surface area contributed by atoms with E-state index in [2.05, 4.69) is 30.1 Å². The summed E-state index contributed by atoms with van der Waals surface area (Å²) in [5.74, 6) is -0.150. The number of hydrogen-bond donors (Lipinski definition) is 1. The second-order valence-electron chi connectivity index (χ2n) is 7.34. The van der Waals surface area contributed by atoms with Crippen molar-refractivity contribution < 1.29 is 13.2 Å². The molecule has 0 bridgehead atoms. The number of carbonyl (C=O) groups is 1. The van der Waals surface area contributed by atoms with Crippen molar-refractivity contribution >= 4 is 21.6 Å². The summed E-state index contributed by atoms with van der Waals surface area (Å²) in [6, 6.07) is 13.4. The van der Waals surface area contributed by atoms with Crippen LogP contribution < -0.4 is 9.62 Å². The molecule has 2 aromatic rings. The lowest BCUT2D eigenvalue weighted by Crippen LogP contribution is -2.27. The predicted molar refractivity (Wildman–Crippen MR) is 117 cm³/mol. The topological polar surface area (TPSA) is 69.7 Å². The first-order chi connectivity index (χ1) is 13.8. The largest absolute Gasteiger partial charge is 0.348 e. The maximum atomic E-state index is 12.7. The highest BCUT2D eigenvalue weighted by atomic mass is 32.2. The van der Waals surface area contributed by atoms with Crippen molar-refractivity contribution in [1.29, 1.82) is 0 Å². The van der Waals surface area contributed by atoms with Crippen molar-refractivity contribution in [3.05, 3.63) is 64.7 Å². The predicted octanol–water partition coefficient (Wildman–Crippen LogP) is 2.78. The number of anilines is 1. The van der Waals surface area contributed by atoms with Gasteiger partial charge in [-0.05, 0) is 54.4 Å². The highest BCUT2D eigenvalue weighted by Crippen LogP contribution is 2.30. The monoisotopic (exact) mass is 415 g/mol. The second kappa shape index (κ2) is 8.97. The van der Waals surface area contributed by atoms with Gasteiger partial charge in [-0.3, -0.25) is 14.0 Å². The van der Waals surface area contributed by atoms with Crippen molar-refractivity contribution in [2.75, 3.05) is 30.2 Å². The minimum Gasteiger partial charge on any atom is -0.348 e. The number of carbonyl (C=O) groups excluding carboxylic acids is 1. The van der Waals surface area contributed by atoms with Gasteiger partial charge >= 0.3 is 0 Å². The van der Waals surface area contributed by atoms with Gasteiger partial charge in [0.2, 0.25) is 10.0 Å². The zero-order chi connectivity index (χ0) is 21.0. The van der Waals surface area contributed by atoms with Crippen LogP contribution in [0.3, 0.4) is 0 Å². The smallest absolute Gasteiger partial charge is 0.251 e. The lowest BCUT2D eigenvalue weighted by molar-refractivity contribution is 0.0950. The molecule has 0 spiro atoms. The molecule has 1 aliphatic rings. The average molecular weight is 416 g/mol. The third kappa shape index (κ3) is 4.97. The van der Waals surface area contributed by atoms with Crippen molar-refractivity contribution in [2.24, 2.45) is 0 Å². The molecule has 0 saturated heterocycles. The van der Waals surface area contributed by atoms with Crippen LogP contribution in [-0.2, 0) is 29.5 Å². The third-order valence-corrected chi connectivity index (χ3v) is 6.62. The van der Waals surface area contributed by atoms with Crippen LogP contribution >= 0.6 is 0 Å². The Morgan fingerprint density at radius 3 is 2.45 bits per heavy atom. The first-order valence-corrected chi connectivity index (χ1v) is 11.9. The second-order valence-corrected chi connectivity index (χ2v) is 9.25. The molecule has 3 rings (SSSR count). The summed E-state index contributed by atoms with van der Waals surface area (Å²) in [4.78, 5) is 15.0. The van der Waals surface area contributed by atoms with Gasteiger partial charge in [-0.15, -0.1) is 0 Å². The Balaban J connectivity index is 1.70. The number of hydrogen-bond acceptors (Lipinski definition) is 4. The summed E-state index contributed by atoms with van der Waals surface area (Å²) in [7, 11) is -3.29. The SMILES string of the molecule is CCN(CC)Cc1ccccc1CNC(=O)c1ccc2c(c1)CCN2S(C)(=O)=O. The minimum atomic E-state index is -3.29. The van der Waals surface area contributed by atoms with E-state index in [0.717, 1.165) is 30.8 Å². The quantitative estimate of drug-likeness (QED) is 0.720. The van der Waals surface area contributed by atoms with Gasteiger partial charge in [-0.2, -0.15) is 0 Å². The summed E-state index contributed by atoms with van der Waals surface area (Å²) in [5.41, 5.74) is 4.45. The van der Waals surface area contributed by atoms with Gasteiger partial charge in [0.05, 0.1) is 11.9 Å². The fourth-order valence-electron chi connectivity index (χ4n) is 3.71. The third-order valence-electron chi connectivity index (χ3n) is 5.44. The first-order valence-electron chi connectivity index (χ1n) is 10.0. The number of sulfonamides is 1. The molecule has 0 unspecified atom stereocenters. The maximum absolute atomic E-state index is 12.7. The Labute approximate surface area is 173 Å². The van der Waals surface area contributed by atoms with Crippen molar-refractivity contribution in [1.82, 2.24) is 10.2 Å². The summed E-state index contributed by atoms with van der Waals surface area (Å²) >= 11 is 0. The lowest BCUT2D eigenvalue weighted by atomic mass is 10.1. The lowest BCUT2D eigenvalue weighted by Gasteiger charge is -2.20. The maximum Gasteiger partial charge on any atom is 0.251 e. The molecule has 2 aromatic carbocycles. The van der Waals surface area contributed by atoms with Crippen LogP contribution in [0.15, 0.2) is 42.5 Å². The molecule has 1 aliphatic heterocycles. The molecule has 0 aliphatic carbocycles. The van der Waals surface area contributed by atoms with E-state index in [1.807, 2.05) is 18.2 Å². The van der Waals surface area contributed by atoms with E-state index in [9.17, 15) is 13.2 Å². The molecule has 1 N–H and O–H groups in total. The standard InChI is InChI=1S/C22H29N3O3S/c1-4-24(5-2)16-20-9-7-6-8-19(20)15-23-22(26)18-10-11-21-17(14-18)12-13-25(21)29(3,27)28/h6-11,14H,4-5,12-13,15-16H2,1-3H3,(H,23,26). The molecule has 29 heavy (non-hydrogen) atoms. The molecule has 0 atom stereocenters. The fourth-order valence-corrected chi connectivity index (χ4v) is 4.67. The molecule has 0 aromatic heterocycles. The molecular weight excluding hydrogens is 386 g/mol. The highest BCUT2D eigenvalue weighted by molar-refractivity contribution is 7.92. The van der Waals surface area contributed by atoms with Gasteiger partial charge in [0.1, 0.15) is 0 Å². The Bertz CT molecular complexity index is 985. The molecule has 0 saturated carbocycles. The summed E-state index contributed by atoms with van der Waals surface area (Å²) in [6.07, 6.45) is 1.83. The van der Waals surface area contributed by atoms with Gasteiger partial charge in [-0.1, -0.05) is 38.1 Å². The molecule has 0 fully saturated rings. The Hall–Kier alpha value is -2.38. The summed E-state index contributed by atoms with van der Waals surface area (Å²) < 4.78 is 25.1. The van der Waals surface area contributed by atoms with Gasteiger partial charge in [0.15, 0.2) is 0 Å². The molecule has 7 heteroatoms. The first kappa shape index (κ1) is 21.3. The molecule has 156 valence electrons. The zero-order valence-electron chi connectivity index (χ0n) is 17.3. The summed E-state index contributed by atoms with van der Waals surface area (Å²) in [6.45, 7) is 8.01. The van der Waals surface area contributed by atoms with E-state index in [0.29, 0.717) is 30.8 Å². The van der Waals surface area contributed by atoms with E-state index in [-0.39, 0.29) is 5.91 Å². The molecule has 1 heterocycles. The number of nitrogens with zero attached hydrogens (tertiary/aromatic N) is 2. The molecular formula is C22H29N3O3S. The molecule has 0 radical (unpaired) electrons. The van der Waals surface area contributed by atoms with Gasteiger partial charge < -0.3 is 5.32 Å². The Morgan fingerprint density at radius 1 is 1.10 bits per heavy atom. The van der Waals surface area contributed by atoms with Gasteiger partial charge in [-0.25, -0.2) is 8.42 Å². The van der Waals surface area contributed by atoms with Crippen molar-refractivity contribution in [3.63, 3.8) is 0 Å². The number of amides is 1. The van der Waals surface area contributed by atoms with Crippen molar-refractivity contribution in [2.45, 2.75) is 33.4 Å². The molecule has 1 amide bonds. The zero-order valence-corrected chi connectivity index (χ0v) is 18.1. The number of fused-ring (bicyclic) bond motifs is 1. The van der Waals surface area contributed by atoms with Gasteiger partial charge in [0.25, 0.3) is 5.91 Å². The average Bonchev–Trinajstić information content (AvgIpc) is 3.14. The number of nitrogens with one attached hydrogen (secondary N) is 1. The van der Waals surface area contributed by atoms with Gasteiger partial charge in [0, 0.05) is 25.2 Å². The van der Waals surface area contributed by atoms with Crippen LogP contribution in [0.4, 0.5) is 5.69 Å². The summed E-state index contributed by atoms with van der Waals surface area (Å²) in [5, 5.41) is 3.01. The van der Waals surface area contributed by atoms with Crippen LogP contribution in [0.5, 0.6) is 0 Å². The Morgan fingerprint density at radius 2 is 1.79 bits per heavy atom. The normalized spacial score (nSPS) is 13.6. The highest BCUT2D eigenvalue weighted by Gasteiger charge is 2.26. The Kier molecular flexibility index (Phi) is 6.59. The minimum absolute atomic E-state index is 0.150. The van der Waals surface area contributed by atoms with Crippen LogP contribution in [-0.4, -0.2) is 45.1 Å². The van der Waals surface area contributed by atoms with E-state index in [4.69, 9.17) is 0 Å². The van der Waals surface area contributed by atoms with Crippen LogP contribution in [0.25, 0.3) is 0 Å².